The predicted molar refractivity (Wildman–Crippen MR) is 83.9 cm³/mol. The molecule has 2 atom stereocenters. The SMILES string of the molecule is O=C1C[C@H]([C@@H](O)CNCc2ccccc2)Oc2ccc(F)cc21. The van der Waals surface area contributed by atoms with E-state index in [-0.39, 0.29) is 17.8 Å². The summed E-state index contributed by atoms with van der Waals surface area (Å²) in [4.78, 5) is 12.1. The lowest BCUT2D eigenvalue weighted by molar-refractivity contribution is 0.0241. The molecule has 2 aromatic rings. The number of nitrogens with one attached hydrogen (secondary N) is 1. The van der Waals surface area contributed by atoms with Gasteiger partial charge in [0.25, 0.3) is 0 Å². The Labute approximate surface area is 133 Å². The number of carbonyl (C=O) groups is 1. The van der Waals surface area contributed by atoms with E-state index in [0.29, 0.717) is 18.8 Å². The molecule has 2 aromatic carbocycles. The van der Waals surface area contributed by atoms with Crippen molar-refractivity contribution in [2.75, 3.05) is 6.54 Å². The molecular weight excluding hydrogens is 297 g/mol. The molecule has 2 N–H and O–H groups in total. The number of ether oxygens (including phenoxy) is 1. The average molecular weight is 315 g/mol. The van der Waals surface area contributed by atoms with Gasteiger partial charge in [-0.05, 0) is 23.8 Å². The maximum Gasteiger partial charge on any atom is 0.170 e. The molecule has 23 heavy (non-hydrogen) atoms. The first-order chi connectivity index (χ1) is 11.1. The Morgan fingerprint density at radius 1 is 1.26 bits per heavy atom. The van der Waals surface area contributed by atoms with Gasteiger partial charge in [-0.1, -0.05) is 30.3 Å². The summed E-state index contributed by atoms with van der Waals surface area (Å²) in [5.41, 5.74) is 1.35. The van der Waals surface area contributed by atoms with Gasteiger partial charge in [0.05, 0.1) is 12.0 Å². The summed E-state index contributed by atoms with van der Waals surface area (Å²) in [6.45, 7) is 0.934. The minimum atomic E-state index is -0.819. The van der Waals surface area contributed by atoms with E-state index in [1.807, 2.05) is 30.3 Å². The largest absolute Gasteiger partial charge is 0.486 e. The van der Waals surface area contributed by atoms with Crippen molar-refractivity contribution in [1.29, 1.82) is 0 Å². The first kappa shape index (κ1) is 15.6. The molecule has 120 valence electrons. The average Bonchev–Trinajstić information content (AvgIpc) is 2.56. The number of aliphatic hydroxyl groups is 1. The number of hydrogen-bond donors (Lipinski definition) is 2. The van der Waals surface area contributed by atoms with Crippen LogP contribution in [-0.2, 0) is 6.54 Å². The molecule has 0 aromatic heterocycles. The molecule has 4 nitrogen and oxygen atoms in total. The van der Waals surface area contributed by atoms with Crippen molar-refractivity contribution in [3.8, 4) is 5.75 Å². The minimum Gasteiger partial charge on any atom is -0.486 e. The lowest BCUT2D eigenvalue weighted by Crippen LogP contribution is -2.42. The van der Waals surface area contributed by atoms with Crippen molar-refractivity contribution in [2.24, 2.45) is 0 Å². The Kier molecular flexibility index (Phi) is 4.69. The standard InChI is InChI=1S/C18H18FNO3/c19-13-6-7-17-14(8-13)15(21)9-18(23-17)16(22)11-20-10-12-4-2-1-3-5-12/h1-8,16,18,20,22H,9-11H2/t16-,18+/m0/s1. The molecule has 0 bridgehead atoms. The quantitative estimate of drug-likeness (QED) is 0.889. The number of fused-ring (bicyclic) bond motifs is 1. The molecule has 3 rings (SSSR count). The van der Waals surface area contributed by atoms with Crippen molar-refractivity contribution >= 4 is 5.78 Å². The fourth-order valence-electron chi connectivity index (χ4n) is 2.63. The van der Waals surface area contributed by atoms with E-state index in [9.17, 15) is 14.3 Å². The maximum atomic E-state index is 13.2. The van der Waals surface area contributed by atoms with Gasteiger partial charge < -0.3 is 15.2 Å². The van der Waals surface area contributed by atoms with Crippen LogP contribution in [0.5, 0.6) is 5.75 Å². The summed E-state index contributed by atoms with van der Waals surface area (Å²) in [5.74, 6) is -0.350. The van der Waals surface area contributed by atoms with Crippen LogP contribution in [0.1, 0.15) is 22.3 Å². The molecule has 0 aliphatic carbocycles. The van der Waals surface area contributed by atoms with E-state index in [1.165, 1.54) is 18.2 Å². The molecule has 0 amide bonds. The van der Waals surface area contributed by atoms with Crippen molar-refractivity contribution in [3.63, 3.8) is 0 Å². The number of carbonyl (C=O) groups excluding carboxylic acids is 1. The van der Waals surface area contributed by atoms with Crippen molar-refractivity contribution < 1.29 is 19.0 Å². The molecular formula is C18H18FNO3. The van der Waals surface area contributed by atoms with E-state index in [4.69, 9.17) is 4.74 Å². The lowest BCUT2D eigenvalue weighted by atomic mass is 9.97. The highest BCUT2D eigenvalue weighted by atomic mass is 19.1. The number of benzene rings is 2. The first-order valence-electron chi connectivity index (χ1n) is 7.55. The van der Waals surface area contributed by atoms with Gasteiger partial charge in [-0.15, -0.1) is 0 Å². The molecule has 5 heteroatoms. The number of ketones is 1. The van der Waals surface area contributed by atoms with E-state index in [2.05, 4.69) is 5.32 Å². The number of halogens is 1. The number of aliphatic hydroxyl groups excluding tert-OH is 1. The highest BCUT2D eigenvalue weighted by molar-refractivity contribution is 5.99. The third kappa shape index (κ3) is 3.75. The van der Waals surface area contributed by atoms with Crippen LogP contribution < -0.4 is 10.1 Å². The fourth-order valence-corrected chi connectivity index (χ4v) is 2.63. The Hall–Kier alpha value is -2.24. The molecule has 1 aliphatic rings. The predicted octanol–water partition coefficient (Wildman–Crippen LogP) is 2.31. The van der Waals surface area contributed by atoms with Crippen LogP contribution in [0.15, 0.2) is 48.5 Å². The van der Waals surface area contributed by atoms with Gasteiger partial charge in [0.2, 0.25) is 0 Å². The molecule has 0 radical (unpaired) electrons. The van der Waals surface area contributed by atoms with Crippen LogP contribution in [0.4, 0.5) is 4.39 Å². The Balaban J connectivity index is 1.57. The van der Waals surface area contributed by atoms with Gasteiger partial charge in [-0.3, -0.25) is 4.79 Å². The second-order valence-electron chi connectivity index (χ2n) is 5.61. The summed E-state index contributed by atoms with van der Waals surface area (Å²) < 4.78 is 18.8. The van der Waals surface area contributed by atoms with Crippen LogP contribution in [0.25, 0.3) is 0 Å². The van der Waals surface area contributed by atoms with Crippen molar-refractivity contribution in [3.05, 3.63) is 65.5 Å². The van der Waals surface area contributed by atoms with E-state index in [0.717, 1.165) is 5.56 Å². The molecule has 1 aliphatic heterocycles. The van der Waals surface area contributed by atoms with E-state index >= 15 is 0 Å². The zero-order valence-corrected chi connectivity index (χ0v) is 12.5. The highest BCUT2D eigenvalue weighted by Gasteiger charge is 2.31. The lowest BCUT2D eigenvalue weighted by Gasteiger charge is -2.29. The van der Waals surface area contributed by atoms with Crippen LogP contribution in [-0.4, -0.2) is 29.6 Å². The summed E-state index contributed by atoms with van der Waals surface area (Å²) in [5, 5.41) is 13.4. The number of rotatable bonds is 5. The molecule has 0 unspecified atom stereocenters. The molecule has 0 saturated carbocycles. The normalized spacial score (nSPS) is 18.2. The summed E-state index contributed by atoms with van der Waals surface area (Å²) in [6, 6.07) is 13.7. The molecule has 0 spiro atoms. The minimum absolute atomic E-state index is 0.0463. The van der Waals surface area contributed by atoms with E-state index < -0.39 is 18.0 Å². The third-order valence-electron chi connectivity index (χ3n) is 3.86. The number of Topliss-reactive ketones (excluding diaryl/α,β-unsaturated/α-hetero) is 1. The monoisotopic (exact) mass is 315 g/mol. The maximum absolute atomic E-state index is 13.2. The van der Waals surface area contributed by atoms with Crippen LogP contribution in [0.2, 0.25) is 0 Å². The van der Waals surface area contributed by atoms with Crippen LogP contribution in [0.3, 0.4) is 0 Å². The zero-order valence-electron chi connectivity index (χ0n) is 12.5. The van der Waals surface area contributed by atoms with E-state index in [1.54, 1.807) is 0 Å². The van der Waals surface area contributed by atoms with Crippen molar-refractivity contribution in [1.82, 2.24) is 5.32 Å². The highest BCUT2D eigenvalue weighted by Crippen LogP contribution is 2.29. The summed E-state index contributed by atoms with van der Waals surface area (Å²) in [6.07, 6.45) is -1.39. The summed E-state index contributed by atoms with van der Waals surface area (Å²) in [7, 11) is 0. The second-order valence-corrected chi connectivity index (χ2v) is 5.61. The van der Waals surface area contributed by atoms with Crippen LogP contribution in [0, 0.1) is 5.82 Å². The first-order valence-corrected chi connectivity index (χ1v) is 7.55. The smallest absolute Gasteiger partial charge is 0.170 e. The molecule has 1 heterocycles. The molecule has 0 fully saturated rings. The Bertz CT molecular complexity index is 690. The summed E-state index contributed by atoms with van der Waals surface area (Å²) >= 11 is 0. The van der Waals surface area contributed by atoms with Gasteiger partial charge in [0.15, 0.2) is 5.78 Å². The Morgan fingerprint density at radius 3 is 2.83 bits per heavy atom. The number of hydrogen-bond acceptors (Lipinski definition) is 4. The van der Waals surface area contributed by atoms with Crippen molar-refractivity contribution in [2.45, 2.75) is 25.2 Å². The van der Waals surface area contributed by atoms with Gasteiger partial charge in [0.1, 0.15) is 23.8 Å². The van der Waals surface area contributed by atoms with Crippen LogP contribution >= 0.6 is 0 Å². The fraction of sp³-hybridized carbons (Fsp3) is 0.278. The molecule has 0 saturated heterocycles. The van der Waals surface area contributed by atoms with Gasteiger partial charge in [-0.2, -0.15) is 0 Å². The zero-order chi connectivity index (χ0) is 16.2. The van der Waals surface area contributed by atoms with Gasteiger partial charge in [-0.25, -0.2) is 4.39 Å². The van der Waals surface area contributed by atoms with Gasteiger partial charge in [0, 0.05) is 13.1 Å². The third-order valence-corrected chi connectivity index (χ3v) is 3.86. The van der Waals surface area contributed by atoms with Gasteiger partial charge >= 0.3 is 0 Å². The Morgan fingerprint density at radius 2 is 2.04 bits per heavy atom. The second kappa shape index (κ2) is 6.89. The topological polar surface area (TPSA) is 58.6 Å².